The van der Waals surface area contributed by atoms with Crippen LogP contribution in [0, 0.1) is 5.92 Å². The summed E-state index contributed by atoms with van der Waals surface area (Å²) in [7, 11) is 0. The largest absolute Gasteiger partial charge is 0.379 e. The Labute approximate surface area is 86.6 Å². The summed E-state index contributed by atoms with van der Waals surface area (Å²) < 4.78 is 5.38. The molecular formula is C11H22N2O. The number of ether oxygens (including phenoxy) is 1. The third-order valence-electron chi connectivity index (χ3n) is 3.65. The van der Waals surface area contributed by atoms with Gasteiger partial charge in [0.15, 0.2) is 0 Å². The maximum absolute atomic E-state index is 5.75. The first-order valence-corrected chi connectivity index (χ1v) is 5.92. The Bertz CT molecular complexity index is 169. The normalized spacial score (nSPS) is 35.8. The van der Waals surface area contributed by atoms with Gasteiger partial charge in [-0.3, -0.25) is 4.90 Å². The minimum atomic E-state index is 0.775. The fourth-order valence-corrected chi connectivity index (χ4v) is 2.75. The molecule has 1 saturated carbocycles. The quantitative estimate of drug-likeness (QED) is 0.714. The lowest BCUT2D eigenvalue weighted by atomic mass is 9.85. The van der Waals surface area contributed by atoms with Crippen molar-refractivity contribution in [3.8, 4) is 0 Å². The Morgan fingerprint density at radius 2 is 2.00 bits per heavy atom. The molecule has 0 aromatic rings. The summed E-state index contributed by atoms with van der Waals surface area (Å²) in [5, 5.41) is 0. The van der Waals surface area contributed by atoms with Gasteiger partial charge in [-0.05, 0) is 31.7 Å². The van der Waals surface area contributed by atoms with Crippen molar-refractivity contribution >= 4 is 0 Å². The molecule has 2 unspecified atom stereocenters. The molecule has 3 nitrogen and oxygen atoms in total. The molecule has 2 fully saturated rings. The van der Waals surface area contributed by atoms with Crippen molar-refractivity contribution < 1.29 is 4.74 Å². The minimum absolute atomic E-state index is 0.775. The van der Waals surface area contributed by atoms with Crippen LogP contribution in [0.1, 0.15) is 25.7 Å². The highest BCUT2D eigenvalue weighted by Crippen LogP contribution is 2.27. The lowest BCUT2D eigenvalue weighted by molar-refractivity contribution is 0.00343. The molecule has 0 spiro atoms. The molecule has 2 rings (SSSR count). The molecule has 0 amide bonds. The van der Waals surface area contributed by atoms with Crippen molar-refractivity contribution in [1.29, 1.82) is 0 Å². The van der Waals surface area contributed by atoms with E-state index >= 15 is 0 Å². The van der Waals surface area contributed by atoms with Crippen LogP contribution in [0.3, 0.4) is 0 Å². The molecule has 1 aliphatic heterocycles. The van der Waals surface area contributed by atoms with Gasteiger partial charge in [0.05, 0.1) is 13.2 Å². The minimum Gasteiger partial charge on any atom is -0.379 e. The van der Waals surface area contributed by atoms with Gasteiger partial charge in [0.1, 0.15) is 0 Å². The second-order valence-corrected chi connectivity index (χ2v) is 4.57. The summed E-state index contributed by atoms with van der Waals surface area (Å²) in [5.41, 5.74) is 5.75. The van der Waals surface area contributed by atoms with E-state index in [-0.39, 0.29) is 0 Å². The molecule has 2 N–H and O–H groups in total. The smallest absolute Gasteiger partial charge is 0.0594 e. The molecule has 2 aliphatic rings. The van der Waals surface area contributed by atoms with Gasteiger partial charge in [-0.1, -0.05) is 6.42 Å². The van der Waals surface area contributed by atoms with Crippen LogP contribution in [-0.4, -0.2) is 43.8 Å². The van der Waals surface area contributed by atoms with Gasteiger partial charge in [-0.25, -0.2) is 0 Å². The predicted octanol–water partition coefficient (Wildman–Crippen LogP) is 0.836. The van der Waals surface area contributed by atoms with E-state index < -0.39 is 0 Å². The van der Waals surface area contributed by atoms with Gasteiger partial charge in [0.25, 0.3) is 0 Å². The van der Waals surface area contributed by atoms with Crippen LogP contribution in [0.2, 0.25) is 0 Å². The lowest BCUT2D eigenvalue weighted by Gasteiger charge is -2.39. The zero-order valence-corrected chi connectivity index (χ0v) is 8.95. The van der Waals surface area contributed by atoms with E-state index in [0.717, 1.165) is 44.8 Å². The maximum atomic E-state index is 5.75. The second kappa shape index (κ2) is 5.10. The van der Waals surface area contributed by atoms with Crippen molar-refractivity contribution in [2.24, 2.45) is 11.7 Å². The van der Waals surface area contributed by atoms with Crippen LogP contribution >= 0.6 is 0 Å². The number of rotatable bonds is 2. The molecule has 1 saturated heterocycles. The van der Waals surface area contributed by atoms with Crippen LogP contribution in [0.5, 0.6) is 0 Å². The summed E-state index contributed by atoms with van der Waals surface area (Å²) in [6, 6.07) is 0.793. The van der Waals surface area contributed by atoms with E-state index in [1.165, 1.54) is 25.7 Å². The molecule has 2 atom stereocenters. The molecule has 1 aliphatic carbocycles. The van der Waals surface area contributed by atoms with Crippen molar-refractivity contribution in [1.82, 2.24) is 4.90 Å². The molecule has 0 aromatic carbocycles. The molecule has 1 heterocycles. The van der Waals surface area contributed by atoms with Gasteiger partial charge in [-0.2, -0.15) is 0 Å². The van der Waals surface area contributed by atoms with E-state index in [2.05, 4.69) is 4.90 Å². The summed E-state index contributed by atoms with van der Waals surface area (Å²) in [6.45, 7) is 4.97. The zero-order valence-electron chi connectivity index (χ0n) is 8.95. The van der Waals surface area contributed by atoms with Crippen molar-refractivity contribution in [2.75, 3.05) is 32.8 Å². The Hall–Kier alpha value is -0.120. The fraction of sp³-hybridized carbons (Fsp3) is 1.00. The first kappa shape index (κ1) is 10.4. The monoisotopic (exact) mass is 198 g/mol. The predicted molar refractivity (Wildman–Crippen MR) is 57.2 cm³/mol. The second-order valence-electron chi connectivity index (χ2n) is 4.57. The van der Waals surface area contributed by atoms with Gasteiger partial charge in [-0.15, -0.1) is 0 Å². The number of nitrogens with two attached hydrogens (primary N) is 1. The molecule has 0 radical (unpaired) electrons. The van der Waals surface area contributed by atoms with Crippen LogP contribution in [0.4, 0.5) is 0 Å². The van der Waals surface area contributed by atoms with E-state index in [4.69, 9.17) is 10.5 Å². The van der Waals surface area contributed by atoms with E-state index in [1.807, 2.05) is 0 Å². The summed E-state index contributed by atoms with van der Waals surface area (Å²) in [4.78, 5) is 2.60. The Morgan fingerprint density at radius 1 is 1.21 bits per heavy atom. The third-order valence-corrected chi connectivity index (χ3v) is 3.65. The number of hydrogen-bond donors (Lipinski definition) is 1. The van der Waals surface area contributed by atoms with Gasteiger partial charge < -0.3 is 10.5 Å². The lowest BCUT2D eigenvalue weighted by Crippen LogP contribution is -2.46. The average Bonchev–Trinajstić information content (AvgIpc) is 2.30. The first-order chi connectivity index (χ1) is 6.90. The Balaban J connectivity index is 1.83. The Kier molecular flexibility index (Phi) is 3.79. The van der Waals surface area contributed by atoms with Crippen LogP contribution in [-0.2, 0) is 4.74 Å². The summed E-state index contributed by atoms with van der Waals surface area (Å²) in [5.74, 6) is 0.775. The van der Waals surface area contributed by atoms with Crippen molar-refractivity contribution in [3.63, 3.8) is 0 Å². The molecule has 82 valence electrons. The third kappa shape index (κ3) is 2.47. The summed E-state index contributed by atoms with van der Waals surface area (Å²) in [6.07, 6.45) is 5.40. The zero-order chi connectivity index (χ0) is 9.80. The maximum Gasteiger partial charge on any atom is 0.0594 e. The molecule has 0 bridgehead atoms. The van der Waals surface area contributed by atoms with Crippen LogP contribution in [0.15, 0.2) is 0 Å². The highest BCUT2D eigenvalue weighted by atomic mass is 16.5. The van der Waals surface area contributed by atoms with Gasteiger partial charge in [0.2, 0.25) is 0 Å². The Morgan fingerprint density at radius 3 is 2.71 bits per heavy atom. The number of hydrogen-bond acceptors (Lipinski definition) is 3. The molecule has 0 aromatic heterocycles. The van der Waals surface area contributed by atoms with E-state index in [9.17, 15) is 0 Å². The SMILES string of the molecule is NCC1CCCC(N2CCOCC2)C1. The van der Waals surface area contributed by atoms with Crippen molar-refractivity contribution in [3.05, 3.63) is 0 Å². The van der Waals surface area contributed by atoms with Crippen LogP contribution < -0.4 is 5.73 Å². The highest BCUT2D eigenvalue weighted by Gasteiger charge is 2.26. The highest BCUT2D eigenvalue weighted by molar-refractivity contribution is 4.81. The van der Waals surface area contributed by atoms with Gasteiger partial charge in [0, 0.05) is 19.1 Å². The van der Waals surface area contributed by atoms with E-state index in [1.54, 1.807) is 0 Å². The standard InChI is InChI=1S/C11H22N2O/c12-9-10-2-1-3-11(8-10)13-4-6-14-7-5-13/h10-11H,1-9,12H2. The fourth-order valence-electron chi connectivity index (χ4n) is 2.75. The van der Waals surface area contributed by atoms with Gasteiger partial charge >= 0.3 is 0 Å². The number of nitrogens with zero attached hydrogens (tertiary/aromatic N) is 1. The first-order valence-electron chi connectivity index (χ1n) is 5.92. The molecular weight excluding hydrogens is 176 g/mol. The van der Waals surface area contributed by atoms with Crippen LogP contribution in [0.25, 0.3) is 0 Å². The van der Waals surface area contributed by atoms with E-state index in [0.29, 0.717) is 0 Å². The number of morpholine rings is 1. The average molecular weight is 198 g/mol. The summed E-state index contributed by atoms with van der Waals surface area (Å²) >= 11 is 0. The van der Waals surface area contributed by atoms with Crippen molar-refractivity contribution in [2.45, 2.75) is 31.7 Å². The molecule has 14 heavy (non-hydrogen) atoms. The molecule has 3 heteroatoms. The topological polar surface area (TPSA) is 38.5 Å².